The summed E-state index contributed by atoms with van der Waals surface area (Å²) in [6.45, 7) is 12.3. The number of fused-ring (bicyclic) bond motifs is 1. The number of halogens is 1. The van der Waals surface area contributed by atoms with Gasteiger partial charge in [0.05, 0.1) is 35.2 Å². The molecule has 5 aromatic rings. The van der Waals surface area contributed by atoms with Crippen LogP contribution in [0.1, 0.15) is 39.0 Å². The molecule has 266 valence electrons. The number of nitrogens with one attached hydrogen (secondary N) is 1. The van der Waals surface area contributed by atoms with Crippen molar-refractivity contribution in [1.82, 2.24) is 24.4 Å². The van der Waals surface area contributed by atoms with Crippen molar-refractivity contribution in [2.24, 2.45) is 7.05 Å². The molecule has 13 heteroatoms. The number of hydrogen-bond acceptors (Lipinski definition) is 9. The predicted octanol–water partition coefficient (Wildman–Crippen LogP) is 6.37. The molecule has 1 aliphatic rings. The van der Waals surface area contributed by atoms with Crippen LogP contribution in [0.4, 0.5) is 20.7 Å². The summed E-state index contributed by atoms with van der Waals surface area (Å²) in [6, 6.07) is 13.4. The van der Waals surface area contributed by atoms with Gasteiger partial charge in [0.1, 0.15) is 11.4 Å². The van der Waals surface area contributed by atoms with Crippen LogP contribution in [-0.2, 0) is 16.6 Å². The number of carbonyl (C=O) groups is 2. The zero-order valence-corrected chi connectivity index (χ0v) is 29.7. The topological polar surface area (TPSA) is 158 Å². The third-order valence-corrected chi connectivity index (χ3v) is 8.22. The number of aliphatic hydroxyl groups is 1. The van der Waals surface area contributed by atoms with Crippen molar-refractivity contribution in [3.8, 4) is 46.0 Å². The van der Waals surface area contributed by atoms with Crippen molar-refractivity contribution in [2.45, 2.75) is 45.8 Å². The SMILES string of the molecule is C=C(C)C(=O)Nc1ccc(-c2c(-c3ccc(Oc4nccc(C)n4)c(F)c3)c3c(N)ncc(C#CC4(O)CN(C(=O)OC(C)(C)C)C4)c3n2C)cc1. The molecule has 0 saturated carbocycles. The van der Waals surface area contributed by atoms with E-state index in [0.29, 0.717) is 50.2 Å². The van der Waals surface area contributed by atoms with Crippen LogP contribution in [0.5, 0.6) is 11.8 Å². The highest BCUT2D eigenvalue weighted by molar-refractivity contribution is 6.11. The molecule has 0 aliphatic carbocycles. The molecule has 1 fully saturated rings. The lowest BCUT2D eigenvalue weighted by molar-refractivity contribution is -0.112. The van der Waals surface area contributed by atoms with E-state index in [1.807, 2.05) is 23.7 Å². The third-order valence-electron chi connectivity index (χ3n) is 8.22. The maximum absolute atomic E-state index is 15.8. The molecule has 4 N–H and O–H groups in total. The van der Waals surface area contributed by atoms with Crippen LogP contribution in [-0.4, -0.2) is 65.8 Å². The van der Waals surface area contributed by atoms with Gasteiger partial charge >= 0.3 is 12.1 Å². The number of amides is 2. The minimum absolute atomic E-state index is 0.00956. The van der Waals surface area contributed by atoms with Gasteiger partial charge in [-0.3, -0.25) is 4.79 Å². The summed E-state index contributed by atoms with van der Waals surface area (Å²) in [5.74, 6) is 5.11. The molecule has 0 unspecified atom stereocenters. The Balaban J connectivity index is 1.45. The van der Waals surface area contributed by atoms with Gasteiger partial charge in [0.15, 0.2) is 17.2 Å². The molecular formula is C39H38FN7O5. The van der Waals surface area contributed by atoms with E-state index in [1.54, 1.807) is 58.9 Å². The van der Waals surface area contributed by atoms with E-state index in [1.165, 1.54) is 29.4 Å². The van der Waals surface area contributed by atoms with E-state index in [2.05, 4.69) is 38.7 Å². The van der Waals surface area contributed by atoms with E-state index in [9.17, 15) is 14.7 Å². The van der Waals surface area contributed by atoms with Gasteiger partial charge in [0.25, 0.3) is 5.91 Å². The summed E-state index contributed by atoms with van der Waals surface area (Å²) in [6.07, 6.45) is 2.51. The number of nitrogen functional groups attached to an aromatic ring is 1. The predicted molar refractivity (Wildman–Crippen MR) is 196 cm³/mol. The fourth-order valence-corrected chi connectivity index (χ4v) is 5.78. The molecule has 6 rings (SSSR count). The van der Waals surface area contributed by atoms with Crippen molar-refractivity contribution in [3.05, 3.63) is 90.2 Å². The van der Waals surface area contributed by atoms with Crippen LogP contribution in [0.15, 0.2) is 73.1 Å². The van der Waals surface area contributed by atoms with Gasteiger partial charge in [-0.1, -0.05) is 36.6 Å². The first-order valence-electron chi connectivity index (χ1n) is 16.4. The monoisotopic (exact) mass is 703 g/mol. The molecule has 12 nitrogen and oxygen atoms in total. The number of nitrogens with two attached hydrogens (primary N) is 1. The number of rotatable bonds is 6. The number of benzene rings is 2. The molecule has 1 saturated heterocycles. The van der Waals surface area contributed by atoms with Gasteiger partial charge in [0, 0.05) is 42.0 Å². The maximum atomic E-state index is 15.8. The van der Waals surface area contributed by atoms with E-state index in [0.717, 1.165) is 5.56 Å². The summed E-state index contributed by atoms with van der Waals surface area (Å²) in [5, 5.41) is 14.4. The first-order chi connectivity index (χ1) is 24.5. The van der Waals surface area contributed by atoms with Gasteiger partial charge < -0.3 is 35.1 Å². The number of aryl methyl sites for hydroxylation is 2. The van der Waals surface area contributed by atoms with E-state index < -0.39 is 23.1 Å². The smallest absolute Gasteiger partial charge is 0.410 e. The average Bonchev–Trinajstić information content (AvgIpc) is 3.37. The normalized spacial score (nSPS) is 13.5. The number of pyridine rings is 1. The van der Waals surface area contributed by atoms with Crippen molar-refractivity contribution in [2.75, 3.05) is 24.1 Å². The van der Waals surface area contributed by atoms with Crippen LogP contribution in [0.25, 0.3) is 33.3 Å². The second-order valence-corrected chi connectivity index (χ2v) is 13.7. The molecule has 1 aliphatic heterocycles. The van der Waals surface area contributed by atoms with Gasteiger partial charge in [-0.2, -0.15) is 0 Å². The van der Waals surface area contributed by atoms with Gasteiger partial charge in [-0.25, -0.2) is 24.1 Å². The van der Waals surface area contributed by atoms with Gasteiger partial charge in [-0.05, 0) is 76.1 Å². The highest BCUT2D eigenvalue weighted by atomic mass is 19.1. The number of nitrogens with zero attached hydrogens (tertiary/aromatic N) is 5. The van der Waals surface area contributed by atoms with E-state index in [-0.39, 0.29) is 36.6 Å². The first-order valence-corrected chi connectivity index (χ1v) is 16.4. The Bertz CT molecular complexity index is 2310. The Kier molecular flexibility index (Phi) is 9.21. The zero-order valence-electron chi connectivity index (χ0n) is 29.7. The first kappa shape index (κ1) is 35.6. The average molecular weight is 704 g/mol. The molecule has 3 aromatic heterocycles. The lowest BCUT2D eigenvalue weighted by Crippen LogP contribution is -2.63. The lowest BCUT2D eigenvalue weighted by atomic mass is 9.95. The van der Waals surface area contributed by atoms with Crippen LogP contribution in [0, 0.1) is 24.6 Å². The summed E-state index contributed by atoms with van der Waals surface area (Å²) in [5.41, 5.74) is 9.47. The second kappa shape index (κ2) is 13.5. The number of β-amino-alcohol motifs (C(OH)–C–C–N with tert-alkyl or cyclic N) is 1. The minimum atomic E-state index is -1.47. The molecule has 52 heavy (non-hydrogen) atoms. The van der Waals surface area contributed by atoms with Crippen LogP contribution < -0.4 is 15.8 Å². The van der Waals surface area contributed by atoms with E-state index in [4.69, 9.17) is 15.2 Å². The minimum Gasteiger partial charge on any atom is -0.444 e. The summed E-state index contributed by atoms with van der Waals surface area (Å²) in [4.78, 5) is 38.8. The number of carbonyl (C=O) groups excluding carboxylic acids is 2. The Labute approximate surface area is 300 Å². The highest BCUT2D eigenvalue weighted by Crippen LogP contribution is 2.44. The largest absolute Gasteiger partial charge is 0.444 e. The van der Waals surface area contributed by atoms with Crippen LogP contribution >= 0.6 is 0 Å². The number of anilines is 2. The highest BCUT2D eigenvalue weighted by Gasteiger charge is 2.44. The second-order valence-electron chi connectivity index (χ2n) is 13.7. The van der Waals surface area contributed by atoms with Crippen LogP contribution in [0.3, 0.4) is 0 Å². The fraction of sp³-hybridized carbons (Fsp3) is 0.256. The Morgan fingerprint density at radius 2 is 1.79 bits per heavy atom. The Hall–Kier alpha value is -6.26. The molecule has 0 spiro atoms. The van der Waals surface area contributed by atoms with Crippen molar-refractivity contribution in [1.29, 1.82) is 0 Å². The molecule has 4 heterocycles. The van der Waals surface area contributed by atoms with Gasteiger partial charge in [0.2, 0.25) is 0 Å². The maximum Gasteiger partial charge on any atom is 0.410 e. The molecule has 0 radical (unpaired) electrons. The van der Waals surface area contributed by atoms with Crippen molar-refractivity contribution in [3.63, 3.8) is 0 Å². The van der Waals surface area contributed by atoms with Crippen molar-refractivity contribution < 1.29 is 28.6 Å². The molecular weight excluding hydrogens is 665 g/mol. The molecule has 2 aromatic carbocycles. The number of hydrogen-bond donors (Lipinski definition) is 3. The van der Waals surface area contributed by atoms with Gasteiger partial charge in [-0.15, -0.1) is 0 Å². The number of ether oxygens (including phenoxy) is 2. The quantitative estimate of drug-likeness (QED) is 0.135. The molecule has 2 amide bonds. The van der Waals surface area contributed by atoms with Crippen LogP contribution in [0.2, 0.25) is 0 Å². The fourth-order valence-electron chi connectivity index (χ4n) is 5.78. The standard InChI is InChI=1S/C39H38FN7O5/c1-22(2)35(48)45-27-11-8-24(9-12-27)32-30(25-10-13-29(28(40)18-25)51-36-42-17-15-23(3)44-36)31-33(46(32)7)26(19-43-34(31)41)14-16-39(50)20-47(21-39)37(49)52-38(4,5)6/h8-13,15,17-19,50H,1,20-21H2,2-7H3,(H2,41,43)(H,45,48). The molecule has 0 atom stereocenters. The summed E-state index contributed by atoms with van der Waals surface area (Å²) >= 11 is 0. The Morgan fingerprint density at radius 1 is 1.10 bits per heavy atom. The van der Waals surface area contributed by atoms with Crippen molar-refractivity contribution >= 4 is 34.4 Å². The Morgan fingerprint density at radius 3 is 2.42 bits per heavy atom. The molecule has 0 bridgehead atoms. The number of likely N-dealkylation sites (tertiary alicyclic amines) is 1. The zero-order chi connectivity index (χ0) is 37.5. The number of aromatic nitrogens is 4. The summed E-state index contributed by atoms with van der Waals surface area (Å²) < 4.78 is 28.7. The van der Waals surface area contributed by atoms with E-state index >= 15 is 4.39 Å². The summed E-state index contributed by atoms with van der Waals surface area (Å²) in [7, 11) is 1.83. The lowest BCUT2D eigenvalue weighted by Gasteiger charge is -2.43. The third kappa shape index (κ3) is 7.28.